The van der Waals surface area contributed by atoms with E-state index in [4.69, 9.17) is 9.47 Å². The Kier molecular flexibility index (Phi) is 3.77. The van der Waals surface area contributed by atoms with Gasteiger partial charge in [0.05, 0.1) is 25.4 Å². The Morgan fingerprint density at radius 1 is 1.00 bits per heavy atom. The largest absolute Gasteiger partial charge is 0.412 e. The van der Waals surface area contributed by atoms with E-state index in [0.717, 1.165) is 13.2 Å². The highest BCUT2D eigenvalue weighted by Crippen LogP contribution is 2.04. The van der Waals surface area contributed by atoms with Gasteiger partial charge in [0.2, 0.25) is 0 Å². The Morgan fingerprint density at radius 2 is 1.11 bits per heavy atom. The molecule has 2 aliphatic rings. The minimum absolute atomic E-state index is 0. The third-order valence-electron chi connectivity index (χ3n) is 1.00. The highest BCUT2D eigenvalue weighted by Gasteiger charge is 2.13. The Hall–Kier alpha value is -0.120. The number of rotatable bonds is 0. The Balaban J connectivity index is 0.000000128. The minimum Gasteiger partial charge on any atom is -0.412 e. The Morgan fingerprint density at radius 3 is 1.11 bits per heavy atom. The van der Waals surface area contributed by atoms with Crippen LogP contribution in [0.1, 0.15) is 13.8 Å². The van der Waals surface area contributed by atoms with Gasteiger partial charge in [0.15, 0.2) is 0 Å². The third kappa shape index (κ3) is 7.88. The van der Waals surface area contributed by atoms with E-state index < -0.39 is 0 Å². The number of hydrogen-bond acceptors (Lipinski definition) is 2. The van der Waals surface area contributed by atoms with Crippen molar-refractivity contribution >= 4 is 0 Å². The molecule has 0 aromatic rings. The van der Waals surface area contributed by atoms with E-state index >= 15 is 0 Å². The number of ether oxygens (including phenoxy) is 2. The smallest absolute Gasteiger partial charge is 0.0781 e. The van der Waals surface area contributed by atoms with Crippen molar-refractivity contribution in [2.24, 2.45) is 0 Å². The summed E-state index contributed by atoms with van der Waals surface area (Å²) in [6.45, 7) is 6.08. The maximum Gasteiger partial charge on any atom is 0.0781 e. The first-order valence-electron chi connectivity index (χ1n) is 3.02. The van der Waals surface area contributed by atoms with Gasteiger partial charge in [-0.1, -0.05) is 0 Å². The second-order valence-electron chi connectivity index (χ2n) is 2.29. The van der Waals surface area contributed by atoms with Crippen LogP contribution in [0.2, 0.25) is 0 Å². The SMILES string of the molecule is CC1CO1.CC1CO1.O. The number of hydrogen-bond donors (Lipinski definition) is 0. The van der Waals surface area contributed by atoms with Crippen molar-refractivity contribution in [3.05, 3.63) is 0 Å². The van der Waals surface area contributed by atoms with Gasteiger partial charge in [0, 0.05) is 0 Å². The predicted octanol–water partition coefficient (Wildman–Crippen LogP) is -0.0145. The molecule has 2 unspecified atom stereocenters. The molecular weight excluding hydrogens is 120 g/mol. The molecule has 2 saturated heterocycles. The van der Waals surface area contributed by atoms with Crippen LogP contribution in [0.4, 0.5) is 0 Å². The van der Waals surface area contributed by atoms with Crippen LogP contribution in [-0.4, -0.2) is 30.9 Å². The molecule has 0 aromatic carbocycles. The zero-order valence-corrected chi connectivity index (χ0v) is 5.89. The molecule has 2 rings (SSSR count). The molecule has 0 aromatic heterocycles. The molecule has 0 amide bonds. The van der Waals surface area contributed by atoms with E-state index in [1.165, 1.54) is 0 Å². The summed E-state index contributed by atoms with van der Waals surface area (Å²) in [7, 11) is 0. The first-order chi connectivity index (χ1) is 3.79. The van der Waals surface area contributed by atoms with Crippen molar-refractivity contribution in [2.75, 3.05) is 13.2 Å². The maximum atomic E-state index is 4.71. The van der Waals surface area contributed by atoms with Crippen molar-refractivity contribution in [1.82, 2.24) is 0 Å². The van der Waals surface area contributed by atoms with E-state index in [0.29, 0.717) is 12.2 Å². The molecule has 3 heteroatoms. The molecule has 2 heterocycles. The lowest BCUT2D eigenvalue weighted by Crippen LogP contribution is -1.60. The van der Waals surface area contributed by atoms with Crippen molar-refractivity contribution in [1.29, 1.82) is 0 Å². The van der Waals surface area contributed by atoms with Crippen LogP contribution in [0.5, 0.6) is 0 Å². The zero-order valence-electron chi connectivity index (χ0n) is 5.89. The fraction of sp³-hybridized carbons (Fsp3) is 1.00. The Labute approximate surface area is 55.3 Å². The fourth-order valence-corrected chi connectivity index (χ4v) is 0.192. The van der Waals surface area contributed by atoms with Crippen molar-refractivity contribution in [3.8, 4) is 0 Å². The summed E-state index contributed by atoms with van der Waals surface area (Å²) in [5, 5.41) is 0. The minimum atomic E-state index is 0. The highest BCUT2D eigenvalue weighted by molar-refractivity contribution is 4.58. The molecule has 0 aliphatic carbocycles. The molecule has 0 radical (unpaired) electrons. The van der Waals surface area contributed by atoms with E-state index in [-0.39, 0.29) is 5.48 Å². The van der Waals surface area contributed by atoms with Crippen molar-refractivity contribution < 1.29 is 14.9 Å². The number of epoxide rings is 2. The lowest BCUT2D eigenvalue weighted by Gasteiger charge is -1.51. The average molecular weight is 134 g/mol. The van der Waals surface area contributed by atoms with Gasteiger partial charge in [-0.15, -0.1) is 0 Å². The van der Waals surface area contributed by atoms with Crippen LogP contribution in [0.25, 0.3) is 0 Å². The quantitative estimate of drug-likeness (QED) is 0.437. The van der Waals surface area contributed by atoms with E-state index in [9.17, 15) is 0 Å². The second kappa shape index (κ2) is 3.82. The van der Waals surface area contributed by atoms with E-state index in [1.807, 2.05) is 0 Å². The summed E-state index contributed by atoms with van der Waals surface area (Å²) in [4.78, 5) is 0. The van der Waals surface area contributed by atoms with Crippen LogP contribution < -0.4 is 0 Å². The van der Waals surface area contributed by atoms with Crippen LogP contribution in [0.3, 0.4) is 0 Å². The van der Waals surface area contributed by atoms with Crippen molar-refractivity contribution in [2.45, 2.75) is 26.1 Å². The molecule has 56 valence electrons. The van der Waals surface area contributed by atoms with Crippen LogP contribution in [0, 0.1) is 0 Å². The summed E-state index contributed by atoms with van der Waals surface area (Å²) in [5.41, 5.74) is 0. The molecule has 2 aliphatic heterocycles. The van der Waals surface area contributed by atoms with Crippen molar-refractivity contribution in [3.63, 3.8) is 0 Å². The standard InChI is InChI=1S/2C3H6O.H2O/c2*1-3-2-4-3;/h2*3H,2H2,1H3;1H2. The van der Waals surface area contributed by atoms with Gasteiger partial charge in [-0.05, 0) is 13.8 Å². The Bertz CT molecular complexity index is 56.7. The topological polar surface area (TPSA) is 56.6 Å². The second-order valence-corrected chi connectivity index (χ2v) is 2.29. The van der Waals surface area contributed by atoms with E-state index in [2.05, 4.69) is 13.8 Å². The summed E-state index contributed by atoms with van der Waals surface area (Å²) in [6, 6.07) is 0. The van der Waals surface area contributed by atoms with Gasteiger partial charge < -0.3 is 14.9 Å². The van der Waals surface area contributed by atoms with E-state index in [1.54, 1.807) is 0 Å². The molecule has 0 saturated carbocycles. The zero-order chi connectivity index (χ0) is 5.98. The van der Waals surface area contributed by atoms with Crippen LogP contribution >= 0.6 is 0 Å². The predicted molar refractivity (Wildman–Crippen MR) is 34.4 cm³/mol. The molecule has 0 bridgehead atoms. The monoisotopic (exact) mass is 134 g/mol. The lowest BCUT2D eigenvalue weighted by molar-refractivity contribution is 0.423. The van der Waals surface area contributed by atoms with Gasteiger partial charge in [-0.3, -0.25) is 0 Å². The van der Waals surface area contributed by atoms with Gasteiger partial charge in [-0.25, -0.2) is 0 Å². The van der Waals surface area contributed by atoms with Gasteiger partial charge in [-0.2, -0.15) is 0 Å². The maximum absolute atomic E-state index is 4.71. The first kappa shape index (κ1) is 8.88. The van der Waals surface area contributed by atoms with Gasteiger partial charge in [0.1, 0.15) is 0 Å². The average Bonchev–Trinajstić information content (AvgIpc) is 2.47. The summed E-state index contributed by atoms with van der Waals surface area (Å²) in [5.74, 6) is 0. The summed E-state index contributed by atoms with van der Waals surface area (Å²) < 4.78 is 9.42. The molecular formula is C6H14O3. The summed E-state index contributed by atoms with van der Waals surface area (Å²) in [6.07, 6.45) is 1.17. The molecule has 2 atom stereocenters. The van der Waals surface area contributed by atoms with Gasteiger partial charge in [0.25, 0.3) is 0 Å². The highest BCUT2D eigenvalue weighted by atomic mass is 16.6. The lowest BCUT2D eigenvalue weighted by atomic mass is 10.6. The molecule has 3 nitrogen and oxygen atoms in total. The molecule has 0 spiro atoms. The van der Waals surface area contributed by atoms with Crippen LogP contribution in [-0.2, 0) is 9.47 Å². The first-order valence-corrected chi connectivity index (χ1v) is 3.02. The summed E-state index contributed by atoms with van der Waals surface area (Å²) >= 11 is 0. The molecule has 2 fully saturated rings. The fourth-order valence-electron chi connectivity index (χ4n) is 0.192. The van der Waals surface area contributed by atoms with Gasteiger partial charge >= 0.3 is 0 Å². The normalized spacial score (nSPS) is 35.3. The molecule has 9 heavy (non-hydrogen) atoms. The third-order valence-corrected chi connectivity index (χ3v) is 1.00. The molecule has 2 N–H and O–H groups in total. The van der Waals surface area contributed by atoms with Crippen LogP contribution in [0.15, 0.2) is 0 Å².